The first-order valence-corrected chi connectivity index (χ1v) is 8.16. The highest BCUT2D eigenvalue weighted by atomic mass is 79.9. The van der Waals surface area contributed by atoms with Gasteiger partial charge in [0, 0.05) is 49.3 Å². The summed E-state index contributed by atoms with van der Waals surface area (Å²) in [6, 6.07) is 3.93. The Hall–Kier alpha value is -1.14. The molecular formula is C15H23BrN4O. The van der Waals surface area contributed by atoms with Crippen LogP contribution in [0.1, 0.15) is 20.3 Å². The second kappa shape index (κ2) is 7.22. The fourth-order valence-electron chi connectivity index (χ4n) is 2.31. The first kappa shape index (κ1) is 16.2. The van der Waals surface area contributed by atoms with Crippen LogP contribution in [0, 0.1) is 5.92 Å². The van der Waals surface area contributed by atoms with Crippen molar-refractivity contribution in [2.45, 2.75) is 26.3 Å². The van der Waals surface area contributed by atoms with E-state index in [-0.39, 0.29) is 11.9 Å². The Bertz CT molecular complexity index is 469. The summed E-state index contributed by atoms with van der Waals surface area (Å²) in [6.07, 6.45) is 2.24. The summed E-state index contributed by atoms with van der Waals surface area (Å²) in [4.78, 5) is 20.7. The van der Waals surface area contributed by atoms with E-state index in [4.69, 9.17) is 5.73 Å². The van der Waals surface area contributed by atoms with E-state index in [2.05, 4.69) is 39.7 Å². The Morgan fingerprint density at radius 3 is 2.52 bits per heavy atom. The normalized spacial score (nSPS) is 17.2. The van der Waals surface area contributed by atoms with E-state index >= 15 is 0 Å². The summed E-state index contributed by atoms with van der Waals surface area (Å²) in [5.74, 6) is 1.46. The zero-order chi connectivity index (χ0) is 15.4. The summed E-state index contributed by atoms with van der Waals surface area (Å²) in [5.41, 5.74) is 5.98. The lowest BCUT2D eigenvalue weighted by Crippen LogP contribution is -2.50. The number of halogens is 1. The zero-order valence-electron chi connectivity index (χ0n) is 12.6. The minimum Gasteiger partial charge on any atom is -0.353 e. The highest BCUT2D eigenvalue weighted by Crippen LogP contribution is 2.17. The lowest BCUT2D eigenvalue weighted by atomic mass is 10.0. The van der Waals surface area contributed by atoms with Crippen molar-refractivity contribution in [3.05, 3.63) is 22.8 Å². The predicted octanol–water partition coefficient (Wildman–Crippen LogP) is 1.87. The van der Waals surface area contributed by atoms with E-state index in [0.29, 0.717) is 12.3 Å². The van der Waals surface area contributed by atoms with Crippen LogP contribution in [0.3, 0.4) is 0 Å². The molecule has 2 N–H and O–H groups in total. The molecule has 1 unspecified atom stereocenters. The molecule has 1 saturated heterocycles. The molecule has 1 aliphatic heterocycles. The van der Waals surface area contributed by atoms with Crippen molar-refractivity contribution in [1.29, 1.82) is 0 Å². The van der Waals surface area contributed by atoms with E-state index in [9.17, 15) is 4.79 Å². The molecule has 5 nitrogen and oxygen atoms in total. The zero-order valence-corrected chi connectivity index (χ0v) is 14.2. The van der Waals surface area contributed by atoms with E-state index in [0.717, 1.165) is 36.5 Å². The number of amides is 1. The third kappa shape index (κ3) is 4.41. The number of carbonyl (C=O) groups excluding carboxylic acids is 1. The second-order valence-electron chi connectivity index (χ2n) is 5.81. The van der Waals surface area contributed by atoms with Crippen LogP contribution >= 0.6 is 15.9 Å². The first-order valence-electron chi connectivity index (χ1n) is 7.37. The highest BCUT2D eigenvalue weighted by molar-refractivity contribution is 9.10. The number of hydrogen-bond donors (Lipinski definition) is 1. The number of carbonyl (C=O) groups is 1. The Balaban J connectivity index is 1.85. The van der Waals surface area contributed by atoms with Gasteiger partial charge in [-0.1, -0.05) is 13.8 Å². The quantitative estimate of drug-likeness (QED) is 0.896. The lowest BCUT2D eigenvalue weighted by molar-refractivity contribution is -0.132. The van der Waals surface area contributed by atoms with Crippen LogP contribution in [0.2, 0.25) is 0 Å². The van der Waals surface area contributed by atoms with Crippen molar-refractivity contribution in [1.82, 2.24) is 9.88 Å². The Morgan fingerprint density at radius 1 is 1.33 bits per heavy atom. The largest absolute Gasteiger partial charge is 0.353 e. The van der Waals surface area contributed by atoms with Crippen LogP contribution in [0.25, 0.3) is 0 Å². The van der Waals surface area contributed by atoms with Crippen molar-refractivity contribution in [3.63, 3.8) is 0 Å². The number of piperazine rings is 1. The minimum atomic E-state index is -0.0522. The molecule has 1 aromatic rings. The number of rotatable bonds is 4. The van der Waals surface area contributed by atoms with E-state index < -0.39 is 0 Å². The van der Waals surface area contributed by atoms with Crippen LogP contribution in [0.4, 0.5) is 5.82 Å². The molecule has 1 fully saturated rings. The lowest BCUT2D eigenvalue weighted by Gasteiger charge is -2.36. The topological polar surface area (TPSA) is 62.5 Å². The number of nitrogens with two attached hydrogens (primary N) is 1. The SMILES string of the molecule is CC(C)C(N)CC(=O)N1CCN(c2ccc(Br)cn2)CC1. The summed E-state index contributed by atoms with van der Waals surface area (Å²) >= 11 is 3.39. The predicted molar refractivity (Wildman–Crippen MR) is 88.2 cm³/mol. The first-order chi connectivity index (χ1) is 9.97. The average Bonchev–Trinajstić information content (AvgIpc) is 2.48. The third-order valence-electron chi connectivity index (χ3n) is 3.93. The molecule has 0 spiro atoms. The van der Waals surface area contributed by atoms with Crippen LogP contribution in [0.5, 0.6) is 0 Å². The molecule has 116 valence electrons. The van der Waals surface area contributed by atoms with Gasteiger partial charge in [-0.05, 0) is 34.0 Å². The van der Waals surface area contributed by atoms with Crippen molar-refractivity contribution in [2.24, 2.45) is 11.7 Å². The molecule has 0 bridgehead atoms. The van der Waals surface area contributed by atoms with Gasteiger partial charge in [-0.15, -0.1) is 0 Å². The molecule has 0 aromatic carbocycles. The molecular weight excluding hydrogens is 332 g/mol. The van der Waals surface area contributed by atoms with Gasteiger partial charge in [0.25, 0.3) is 0 Å². The number of aromatic nitrogens is 1. The van der Waals surface area contributed by atoms with Crippen LogP contribution in [-0.4, -0.2) is 48.0 Å². The minimum absolute atomic E-state index is 0.0522. The third-order valence-corrected chi connectivity index (χ3v) is 4.40. The van der Waals surface area contributed by atoms with E-state index in [1.54, 1.807) is 6.20 Å². The molecule has 1 aromatic heterocycles. The molecule has 1 amide bonds. The van der Waals surface area contributed by atoms with Crippen molar-refractivity contribution >= 4 is 27.7 Å². The molecule has 1 atom stereocenters. The van der Waals surface area contributed by atoms with Crippen molar-refractivity contribution in [3.8, 4) is 0 Å². The molecule has 0 aliphatic carbocycles. The summed E-state index contributed by atoms with van der Waals surface area (Å²) in [5, 5.41) is 0. The number of pyridine rings is 1. The maximum absolute atomic E-state index is 12.2. The van der Waals surface area contributed by atoms with Crippen LogP contribution in [-0.2, 0) is 4.79 Å². The van der Waals surface area contributed by atoms with Gasteiger partial charge in [0.05, 0.1) is 0 Å². The summed E-state index contributed by atoms with van der Waals surface area (Å²) < 4.78 is 0.975. The van der Waals surface area contributed by atoms with E-state index in [1.165, 1.54) is 0 Å². The Labute approximate surface area is 134 Å². The second-order valence-corrected chi connectivity index (χ2v) is 6.73. The van der Waals surface area contributed by atoms with Gasteiger partial charge >= 0.3 is 0 Å². The fraction of sp³-hybridized carbons (Fsp3) is 0.600. The standard InChI is InChI=1S/C15H23BrN4O/c1-11(2)13(17)9-15(21)20-7-5-19(6-8-20)14-4-3-12(16)10-18-14/h3-4,10-11,13H,5-9,17H2,1-2H3. The van der Waals surface area contributed by atoms with Gasteiger partial charge in [0.2, 0.25) is 5.91 Å². The van der Waals surface area contributed by atoms with Gasteiger partial charge in [-0.3, -0.25) is 4.79 Å². The van der Waals surface area contributed by atoms with Gasteiger partial charge in [0.1, 0.15) is 5.82 Å². The fourth-order valence-corrected chi connectivity index (χ4v) is 2.54. The maximum atomic E-state index is 12.2. The van der Waals surface area contributed by atoms with Gasteiger partial charge in [0.15, 0.2) is 0 Å². The average molecular weight is 355 g/mol. The molecule has 2 heterocycles. The molecule has 6 heteroatoms. The summed E-state index contributed by atoms with van der Waals surface area (Å²) in [7, 11) is 0. The number of anilines is 1. The molecule has 1 aliphatic rings. The maximum Gasteiger partial charge on any atom is 0.224 e. The van der Waals surface area contributed by atoms with Gasteiger partial charge in [-0.25, -0.2) is 4.98 Å². The molecule has 21 heavy (non-hydrogen) atoms. The number of nitrogens with zero attached hydrogens (tertiary/aromatic N) is 3. The highest BCUT2D eigenvalue weighted by Gasteiger charge is 2.23. The summed E-state index contributed by atoms with van der Waals surface area (Å²) in [6.45, 7) is 7.21. The van der Waals surface area contributed by atoms with Crippen molar-refractivity contribution < 1.29 is 4.79 Å². The number of hydrogen-bond acceptors (Lipinski definition) is 4. The molecule has 2 rings (SSSR count). The van der Waals surface area contributed by atoms with Gasteiger partial charge in [-0.2, -0.15) is 0 Å². The smallest absolute Gasteiger partial charge is 0.224 e. The molecule has 0 radical (unpaired) electrons. The molecule has 0 saturated carbocycles. The monoisotopic (exact) mass is 354 g/mol. The van der Waals surface area contributed by atoms with Crippen LogP contribution < -0.4 is 10.6 Å². The van der Waals surface area contributed by atoms with Crippen LogP contribution in [0.15, 0.2) is 22.8 Å². The van der Waals surface area contributed by atoms with Crippen molar-refractivity contribution in [2.75, 3.05) is 31.1 Å². The Morgan fingerprint density at radius 2 is 2.00 bits per heavy atom. The van der Waals surface area contributed by atoms with Gasteiger partial charge < -0.3 is 15.5 Å². The van der Waals surface area contributed by atoms with E-state index in [1.807, 2.05) is 17.0 Å². The Kier molecular flexibility index (Phi) is 5.58.